The maximum Gasteiger partial charge on any atom is 0.255 e. The molecule has 2 aromatic rings. The minimum atomic E-state index is -0.484. The lowest BCUT2D eigenvalue weighted by molar-refractivity contribution is 0.102. The van der Waals surface area contributed by atoms with Gasteiger partial charge in [-0.1, -0.05) is 17.7 Å². The quantitative estimate of drug-likeness (QED) is 0.834. The molecule has 2 aromatic carbocycles. The van der Waals surface area contributed by atoms with Crippen molar-refractivity contribution in [2.45, 2.75) is 6.92 Å². The van der Waals surface area contributed by atoms with Crippen molar-refractivity contribution in [1.29, 1.82) is 0 Å². The molecule has 0 spiro atoms. The van der Waals surface area contributed by atoms with Crippen LogP contribution in [0.5, 0.6) is 0 Å². The number of aryl methyl sites for hydroxylation is 1. The van der Waals surface area contributed by atoms with Crippen LogP contribution < -0.4 is 5.32 Å². The van der Waals surface area contributed by atoms with Crippen molar-refractivity contribution in [2.24, 2.45) is 0 Å². The molecule has 19 heavy (non-hydrogen) atoms. The molecule has 0 aliphatic heterocycles. The van der Waals surface area contributed by atoms with Gasteiger partial charge in [0.05, 0.1) is 15.2 Å². The summed E-state index contributed by atoms with van der Waals surface area (Å²) in [5.41, 5.74) is 1.73. The maximum atomic E-state index is 13.4. The van der Waals surface area contributed by atoms with Crippen LogP contribution in [0.3, 0.4) is 0 Å². The van der Waals surface area contributed by atoms with Crippen LogP contribution in [0.2, 0.25) is 5.02 Å². The topological polar surface area (TPSA) is 29.1 Å². The predicted octanol–water partition coefficient (Wildman–Crippen LogP) is 4.80. The van der Waals surface area contributed by atoms with E-state index in [1.54, 1.807) is 12.1 Å². The Balaban J connectivity index is 2.23. The molecule has 5 heteroatoms. The van der Waals surface area contributed by atoms with Gasteiger partial charge in [0.15, 0.2) is 0 Å². The van der Waals surface area contributed by atoms with Crippen LogP contribution in [-0.2, 0) is 0 Å². The SMILES string of the molecule is Cc1ccc(NC(=O)c2ccc(Br)c(F)c2)c(Cl)c1. The minimum Gasteiger partial charge on any atom is -0.321 e. The van der Waals surface area contributed by atoms with E-state index >= 15 is 0 Å². The van der Waals surface area contributed by atoms with Gasteiger partial charge in [0.1, 0.15) is 5.82 Å². The molecule has 0 saturated carbocycles. The zero-order chi connectivity index (χ0) is 14.0. The number of hydrogen-bond acceptors (Lipinski definition) is 1. The first kappa shape index (κ1) is 14.0. The molecule has 0 aromatic heterocycles. The second-order valence-electron chi connectivity index (χ2n) is 4.07. The standard InChI is InChI=1S/C14H10BrClFNO/c1-8-2-5-13(11(16)6-8)18-14(19)9-3-4-10(15)12(17)7-9/h2-7H,1H3,(H,18,19). The van der Waals surface area contributed by atoms with Gasteiger partial charge in [-0.15, -0.1) is 0 Å². The fourth-order valence-electron chi connectivity index (χ4n) is 1.55. The largest absolute Gasteiger partial charge is 0.321 e. The van der Waals surface area contributed by atoms with E-state index < -0.39 is 11.7 Å². The number of carbonyl (C=O) groups is 1. The van der Waals surface area contributed by atoms with Gasteiger partial charge in [-0.2, -0.15) is 0 Å². The molecule has 0 unspecified atom stereocenters. The lowest BCUT2D eigenvalue weighted by Gasteiger charge is -2.08. The molecule has 0 radical (unpaired) electrons. The molecule has 1 amide bonds. The number of hydrogen-bond donors (Lipinski definition) is 1. The Morgan fingerprint density at radius 3 is 2.63 bits per heavy atom. The van der Waals surface area contributed by atoms with Crippen LogP contribution in [-0.4, -0.2) is 5.91 Å². The van der Waals surface area contributed by atoms with Crippen molar-refractivity contribution in [1.82, 2.24) is 0 Å². The summed E-state index contributed by atoms with van der Waals surface area (Å²) in [4.78, 5) is 12.0. The molecule has 2 nitrogen and oxygen atoms in total. The highest BCUT2D eigenvalue weighted by atomic mass is 79.9. The molecular formula is C14H10BrClFNO. The van der Waals surface area contributed by atoms with Gasteiger partial charge >= 0.3 is 0 Å². The number of nitrogens with one attached hydrogen (secondary N) is 1. The number of anilines is 1. The molecule has 0 aliphatic rings. The molecule has 1 N–H and O–H groups in total. The Morgan fingerprint density at radius 2 is 2.00 bits per heavy atom. The Hall–Kier alpha value is -1.39. The Labute approximate surface area is 123 Å². The van der Waals surface area contributed by atoms with Crippen molar-refractivity contribution < 1.29 is 9.18 Å². The number of benzene rings is 2. The monoisotopic (exact) mass is 341 g/mol. The van der Waals surface area contributed by atoms with Gasteiger partial charge in [0.2, 0.25) is 0 Å². The van der Waals surface area contributed by atoms with Crippen molar-refractivity contribution >= 4 is 39.1 Å². The van der Waals surface area contributed by atoms with E-state index in [1.165, 1.54) is 18.2 Å². The third-order valence-corrected chi connectivity index (χ3v) is 3.51. The van der Waals surface area contributed by atoms with E-state index in [4.69, 9.17) is 11.6 Å². The van der Waals surface area contributed by atoms with Crippen LogP contribution in [0.1, 0.15) is 15.9 Å². The molecule has 0 bridgehead atoms. The van der Waals surface area contributed by atoms with E-state index in [0.29, 0.717) is 15.2 Å². The van der Waals surface area contributed by atoms with Gasteiger partial charge in [0, 0.05) is 5.56 Å². The van der Waals surface area contributed by atoms with E-state index in [0.717, 1.165) is 5.56 Å². The van der Waals surface area contributed by atoms with Crippen LogP contribution in [0.15, 0.2) is 40.9 Å². The maximum absolute atomic E-state index is 13.4. The van der Waals surface area contributed by atoms with E-state index in [2.05, 4.69) is 21.2 Å². The first-order valence-corrected chi connectivity index (χ1v) is 6.67. The summed E-state index contributed by atoms with van der Waals surface area (Å²) >= 11 is 9.06. The van der Waals surface area contributed by atoms with Crippen molar-refractivity contribution in [3.05, 3.63) is 62.8 Å². The van der Waals surface area contributed by atoms with Crippen molar-refractivity contribution in [2.75, 3.05) is 5.32 Å². The molecule has 98 valence electrons. The van der Waals surface area contributed by atoms with Gasteiger partial charge in [-0.25, -0.2) is 4.39 Å². The van der Waals surface area contributed by atoms with E-state index in [9.17, 15) is 9.18 Å². The van der Waals surface area contributed by atoms with E-state index in [1.807, 2.05) is 13.0 Å². The summed E-state index contributed by atoms with van der Waals surface area (Å²) in [6.07, 6.45) is 0. The summed E-state index contributed by atoms with van der Waals surface area (Å²) in [5.74, 6) is -0.889. The average Bonchev–Trinajstić information content (AvgIpc) is 2.36. The van der Waals surface area contributed by atoms with Crippen LogP contribution >= 0.6 is 27.5 Å². The van der Waals surface area contributed by atoms with Crippen molar-refractivity contribution in [3.63, 3.8) is 0 Å². The highest BCUT2D eigenvalue weighted by molar-refractivity contribution is 9.10. The van der Waals surface area contributed by atoms with Crippen molar-refractivity contribution in [3.8, 4) is 0 Å². The van der Waals surface area contributed by atoms with Crippen LogP contribution in [0.25, 0.3) is 0 Å². The third-order valence-electron chi connectivity index (χ3n) is 2.55. The Morgan fingerprint density at radius 1 is 1.26 bits per heavy atom. The van der Waals surface area contributed by atoms with Gasteiger partial charge < -0.3 is 5.32 Å². The minimum absolute atomic E-state index is 0.234. The Bertz CT molecular complexity index is 645. The zero-order valence-corrected chi connectivity index (χ0v) is 12.3. The normalized spacial score (nSPS) is 10.3. The number of amides is 1. The Kier molecular flexibility index (Phi) is 4.22. The van der Waals surface area contributed by atoms with Crippen LogP contribution in [0.4, 0.5) is 10.1 Å². The smallest absolute Gasteiger partial charge is 0.255 e. The molecule has 0 heterocycles. The number of carbonyl (C=O) groups excluding carboxylic acids is 1. The molecule has 0 atom stereocenters. The van der Waals surface area contributed by atoms with E-state index in [-0.39, 0.29) is 5.56 Å². The summed E-state index contributed by atoms with van der Waals surface area (Å²) in [5, 5.41) is 3.10. The fraction of sp³-hybridized carbons (Fsp3) is 0.0714. The first-order valence-electron chi connectivity index (χ1n) is 5.50. The predicted molar refractivity (Wildman–Crippen MR) is 78.2 cm³/mol. The van der Waals surface area contributed by atoms with Crippen LogP contribution in [0, 0.1) is 12.7 Å². The molecule has 0 aliphatic carbocycles. The highest BCUT2D eigenvalue weighted by Crippen LogP contribution is 2.24. The number of halogens is 3. The second-order valence-corrected chi connectivity index (χ2v) is 5.33. The van der Waals surface area contributed by atoms with Gasteiger partial charge in [-0.3, -0.25) is 4.79 Å². The molecule has 0 fully saturated rings. The third kappa shape index (κ3) is 3.33. The highest BCUT2D eigenvalue weighted by Gasteiger charge is 2.10. The fourth-order valence-corrected chi connectivity index (χ4v) is 2.08. The molecule has 0 saturated heterocycles. The van der Waals surface area contributed by atoms with Gasteiger partial charge in [-0.05, 0) is 58.7 Å². The first-order chi connectivity index (χ1) is 8.97. The summed E-state index contributed by atoms with van der Waals surface area (Å²) in [6, 6.07) is 9.49. The molecule has 2 rings (SSSR count). The number of rotatable bonds is 2. The van der Waals surface area contributed by atoms with Gasteiger partial charge in [0.25, 0.3) is 5.91 Å². The molecular weight excluding hydrogens is 333 g/mol. The summed E-state index contributed by atoms with van der Waals surface area (Å²) < 4.78 is 13.7. The summed E-state index contributed by atoms with van der Waals surface area (Å²) in [6.45, 7) is 1.90. The lowest BCUT2D eigenvalue weighted by Crippen LogP contribution is -2.12. The second kappa shape index (κ2) is 5.72. The lowest BCUT2D eigenvalue weighted by atomic mass is 10.2. The summed E-state index contributed by atoms with van der Waals surface area (Å²) in [7, 11) is 0. The average molecular weight is 343 g/mol. The zero-order valence-electron chi connectivity index (χ0n) is 10.0.